The third kappa shape index (κ3) is 1.78. The van der Waals surface area contributed by atoms with Crippen molar-refractivity contribution >= 4 is 5.91 Å². The predicted octanol–water partition coefficient (Wildman–Crippen LogP) is 0.949. The predicted molar refractivity (Wildman–Crippen MR) is 58.4 cm³/mol. The molecule has 4 rings (SSSR count). The standard InChI is InChI=1S/C12H20N2O/c1-13-6-9-2-5-11(13)8-14(7-9)12(15)10-3-4-10/h9-11H,2-8H2,1H3. The highest BCUT2D eigenvalue weighted by Gasteiger charge is 2.39. The molecule has 0 aromatic heterocycles. The van der Waals surface area contributed by atoms with E-state index in [0.717, 1.165) is 31.8 Å². The zero-order valence-electron chi connectivity index (χ0n) is 9.48. The van der Waals surface area contributed by atoms with Crippen LogP contribution in [0.15, 0.2) is 0 Å². The van der Waals surface area contributed by atoms with E-state index in [2.05, 4.69) is 16.8 Å². The van der Waals surface area contributed by atoms with Gasteiger partial charge in [0.25, 0.3) is 0 Å². The first-order valence-corrected chi connectivity index (χ1v) is 6.23. The van der Waals surface area contributed by atoms with E-state index in [1.165, 1.54) is 19.4 Å². The Labute approximate surface area is 91.4 Å². The van der Waals surface area contributed by atoms with E-state index in [0.29, 0.717) is 17.9 Å². The van der Waals surface area contributed by atoms with E-state index in [9.17, 15) is 4.79 Å². The maximum atomic E-state index is 12.0. The molecule has 3 heterocycles. The zero-order chi connectivity index (χ0) is 10.4. The normalized spacial score (nSPS) is 36.7. The molecule has 15 heavy (non-hydrogen) atoms. The molecule has 0 aromatic rings. The number of carbonyl (C=O) groups excluding carboxylic acids is 1. The Balaban J connectivity index is 1.73. The molecule has 4 aliphatic rings. The van der Waals surface area contributed by atoms with Gasteiger partial charge in [-0.3, -0.25) is 4.79 Å². The van der Waals surface area contributed by atoms with E-state index in [4.69, 9.17) is 0 Å². The zero-order valence-corrected chi connectivity index (χ0v) is 9.48. The van der Waals surface area contributed by atoms with Crippen molar-refractivity contribution in [2.45, 2.75) is 31.7 Å². The summed E-state index contributed by atoms with van der Waals surface area (Å²) in [5, 5.41) is 0. The van der Waals surface area contributed by atoms with Crippen LogP contribution in [0.1, 0.15) is 25.7 Å². The van der Waals surface area contributed by atoms with Crippen molar-refractivity contribution in [3.05, 3.63) is 0 Å². The third-order valence-electron chi connectivity index (χ3n) is 4.23. The fourth-order valence-electron chi connectivity index (χ4n) is 3.08. The van der Waals surface area contributed by atoms with E-state index in [-0.39, 0.29) is 0 Å². The summed E-state index contributed by atoms with van der Waals surface area (Å²) in [6, 6.07) is 0.631. The van der Waals surface area contributed by atoms with Crippen LogP contribution in [-0.2, 0) is 4.79 Å². The minimum absolute atomic E-state index is 0.396. The number of likely N-dealkylation sites (N-methyl/N-ethyl adjacent to an activating group) is 1. The number of carbonyl (C=O) groups is 1. The lowest BCUT2D eigenvalue weighted by molar-refractivity contribution is -0.132. The maximum Gasteiger partial charge on any atom is 0.225 e. The summed E-state index contributed by atoms with van der Waals surface area (Å²) < 4.78 is 0. The van der Waals surface area contributed by atoms with Crippen LogP contribution in [0.25, 0.3) is 0 Å². The molecule has 2 bridgehead atoms. The Kier molecular flexibility index (Phi) is 2.23. The van der Waals surface area contributed by atoms with Crippen molar-refractivity contribution < 1.29 is 4.79 Å². The highest BCUT2D eigenvalue weighted by molar-refractivity contribution is 5.81. The Bertz CT molecular complexity index is 275. The van der Waals surface area contributed by atoms with Crippen LogP contribution < -0.4 is 0 Å². The third-order valence-corrected chi connectivity index (χ3v) is 4.23. The van der Waals surface area contributed by atoms with Crippen molar-refractivity contribution in [1.82, 2.24) is 9.80 Å². The van der Waals surface area contributed by atoms with Gasteiger partial charge < -0.3 is 9.80 Å². The number of piperidine rings is 1. The Morgan fingerprint density at radius 2 is 1.87 bits per heavy atom. The molecule has 0 aromatic carbocycles. The highest BCUT2D eigenvalue weighted by atomic mass is 16.2. The summed E-state index contributed by atoms with van der Waals surface area (Å²) in [5.74, 6) is 1.58. The average Bonchev–Trinajstić information content (AvgIpc) is 3.04. The highest BCUT2D eigenvalue weighted by Crippen LogP contribution is 2.34. The first kappa shape index (κ1) is 9.64. The average molecular weight is 208 g/mol. The summed E-state index contributed by atoms with van der Waals surface area (Å²) in [5.41, 5.74) is 0. The smallest absolute Gasteiger partial charge is 0.225 e. The first-order valence-electron chi connectivity index (χ1n) is 6.23. The van der Waals surface area contributed by atoms with E-state index in [1.54, 1.807) is 0 Å². The van der Waals surface area contributed by atoms with Crippen LogP contribution in [0, 0.1) is 11.8 Å². The van der Waals surface area contributed by atoms with E-state index < -0.39 is 0 Å². The molecular weight excluding hydrogens is 188 g/mol. The summed E-state index contributed by atoms with van der Waals surface area (Å²) in [6.07, 6.45) is 4.89. The Morgan fingerprint density at radius 3 is 2.53 bits per heavy atom. The number of rotatable bonds is 1. The van der Waals surface area contributed by atoms with Gasteiger partial charge in [-0.25, -0.2) is 0 Å². The van der Waals surface area contributed by atoms with Gasteiger partial charge in [0.05, 0.1) is 0 Å². The molecule has 1 aliphatic carbocycles. The monoisotopic (exact) mass is 208 g/mol. The number of hydrogen-bond donors (Lipinski definition) is 0. The molecule has 0 N–H and O–H groups in total. The Morgan fingerprint density at radius 1 is 1.07 bits per heavy atom. The fourth-order valence-corrected chi connectivity index (χ4v) is 3.08. The second-order valence-electron chi connectivity index (χ2n) is 5.55. The van der Waals surface area contributed by atoms with Gasteiger partial charge in [0, 0.05) is 31.6 Å². The fraction of sp³-hybridized carbons (Fsp3) is 0.917. The number of hydrogen-bond acceptors (Lipinski definition) is 2. The number of fused-ring (bicyclic) bond motifs is 4. The van der Waals surface area contributed by atoms with Gasteiger partial charge in [0.15, 0.2) is 0 Å². The molecule has 0 radical (unpaired) electrons. The molecule has 84 valence electrons. The van der Waals surface area contributed by atoms with Crippen LogP contribution in [0.2, 0.25) is 0 Å². The SMILES string of the molecule is CN1CC2CCC1CN(C(=O)C1CC1)C2. The lowest BCUT2D eigenvalue weighted by atomic mass is 9.96. The molecule has 3 nitrogen and oxygen atoms in total. The van der Waals surface area contributed by atoms with Gasteiger partial charge in [0.1, 0.15) is 0 Å². The maximum absolute atomic E-state index is 12.0. The second kappa shape index (κ2) is 3.48. The molecule has 1 amide bonds. The Hall–Kier alpha value is -0.570. The van der Waals surface area contributed by atoms with Crippen molar-refractivity contribution in [1.29, 1.82) is 0 Å². The van der Waals surface area contributed by atoms with Crippen LogP contribution in [0.5, 0.6) is 0 Å². The van der Waals surface area contributed by atoms with Gasteiger partial charge in [-0.1, -0.05) is 0 Å². The minimum Gasteiger partial charge on any atom is -0.341 e. The molecule has 3 saturated heterocycles. The summed E-state index contributed by atoms with van der Waals surface area (Å²) in [7, 11) is 2.21. The lowest BCUT2D eigenvalue weighted by Crippen LogP contribution is -2.42. The van der Waals surface area contributed by atoms with Gasteiger partial charge in [0.2, 0.25) is 5.91 Å². The van der Waals surface area contributed by atoms with Crippen molar-refractivity contribution in [2.75, 3.05) is 26.7 Å². The van der Waals surface area contributed by atoms with Crippen LogP contribution in [-0.4, -0.2) is 48.4 Å². The summed E-state index contributed by atoms with van der Waals surface area (Å²) in [6.45, 7) is 3.21. The second-order valence-corrected chi connectivity index (χ2v) is 5.55. The van der Waals surface area contributed by atoms with Gasteiger partial charge in [-0.05, 0) is 38.6 Å². The van der Waals surface area contributed by atoms with E-state index >= 15 is 0 Å². The largest absolute Gasteiger partial charge is 0.341 e. The summed E-state index contributed by atoms with van der Waals surface area (Å²) in [4.78, 5) is 16.7. The molecule has 1 saturated carbocycles. The molecule has 2 atom stereocenters. The van der Waals surface area contributed by atoms with E-state index in [1.807, 2.05) is 0 Å². The van der Waals surface area contributed by atoms with Crippen LogP contribution in [0.4, 0.5) is 0 Å². The molecule has 4 fully saturated rings. The molecular formula is C12H20N2O. The van der Waals surface area contributed by atoms with Crippen LogP contribution >= 0.6 is 0 Å². The van der Waals surface area contributed by atoms with Crippen molar-refractivity contribution in [3.8, 4) is 0 Å². The first-order chi connectivity index (χ1) is 7.24. The molecule has 3 heteroatoms. The molecule has 0 spiro atoms. The topological polar surface area (TPSA) is 23.6 Å². The van der Waals surface area contributed by atoms with Crippen molar-refractivity contribution in [2.24, 2.45) is 11.8 Å². The van der Waals surface area contributed by atoms with Crippen LogP contribution in [0.3, 0.4) is 0 Å². The van der Waals surface area contributed by atoms with Gasteiger partial charge in [-0.15, -0.1) is 0 Å². The van der Waals surface area contributed by atoms with Gasteiger partial charge >= 0.3 is 0 Å². The number of amides is 1. The number of nitrogens with zero attached hydrogens (tertiary/aromatic N) is 2. The lowest BCUT2D eigenvalue weighted by Gasteiger charge is -2.32. The van der Waals surface area contributed by atoms with Crippen molar-refractivity contribution in [3.63, 3.8) is 0 Å². The van der Waals surface area contributed by atoms with Gasteiger partial charge in [-0.2, -0.15) is 0 Å². The summed E-state index contributed by atoms with van der Waals surface area (Å²) >= 11 is 0. The molecule has 3 aliphatic heterocycles. The quantitative estimate of drug-likeness (QED) is 0.640. The molecule has 2 unspecified atom stereocenters. The minimum atomic E-state index is 0.396.